The molecule has 0 unspecified atom stereocenters. The fraction of sp³-hybridized carbons (Fsp3) is 0.368. The van der Waals surface area contributed by atoms with Gasteiger partial charge in [-0.15, -0.1) is 0 Å². The Morgan fingerprint density at radius 2 is 1.96 bits per heavy atom. The van der Waals surface area contributed by atoms with E-state index in [1.165, 1.54) is 12.1 Å². The van der Waals surface area contributed by atoms with Gasteiger partial charge in [-0.05, 0) is 38.5 Å². The number of aryl methyl sites for hydroxylation is 2. The Morgan fingerprint density at radius 1 is 1.24 bits per heavy atom. The Balaban J connectivity index is 1.74. The zero-order chi connectivity index (χ0) is 18.0. The molecule has 0 saturated heterocycles. The maximum atomic E-state index is 13.1. The zero-order valence-electron chi connectivity index (χ0n) is 15.0. The Bertz CT molecular complexity index is 860. The Morgan fingerprint density at radius 3 is 2.64 bits per heavy atom. The van der Waals surface area contributed by atoms with Gasteiger partial charge in [0.2, 0.25) is 0 Å². The summed E-state index contributed by atoms with van der Waals surface area (Å²) in [5, 5.41) is 7.96. The van der Waals surface area contributed by atoms with Crippen LogP contribution in [0.5, 0.6) is 0 Å². The number of ether oxygens (including phenoxy) is 1. The molecule has 25 heavy (non-hydrogen) atoms. The summed E-state index contributed by atoms with van der Waals surface area (Å²) in [4.78, 5) is 4.49. The van der Waals surface area contributed by atoms with Crippen molar-refractivity contribution in [2.24, 2.45) is 0 Å². The van der Waals surface area contributed by atoms with E-state index in [4.69, 9.17) is 4.74 Å². The minimum atomic E-state index is -0.246. The third kappa shape index (κ3) is 3.70. The van der Waals surface area contributed by atoms with Gasteiger partial charge in [0, 0.05) is 43.2 Å². The number of halogens is 1. The lowest BCUT2D eigenvalue weighted by molar-refractivity contribution is 0.0998. The summed E-state index contributed by atoms with van der Waals surface area (Å²) in [5.74, 6) is -0.246. The first kappa shape index (κ1) is 17.5. The maximum absolute atomic E-state index is 13.1. The van der Waals surface area contributed by atoms with Gasteiger partial charge < -0.3 is 10.1 Å². The van der Waals surface area contributed by atoms with Crippen molar-refractivity contribution in [2.75, 3.05) is 13.7 Å². The van der Waals surface area contributed by atoms with Gasteiger partial charge in [0.25, 0.3) is 0 Å². The van der Waals surface area contributed by atoms with Crippen LogP contribution >= 0.6 is 0 Å². The largest absolute Gasteiger partial charge is 0.375 e. The summed E-state index contributed by atoms with van der Waals surface area (Å²) in [6, 6.07) is 8.45. The van der Waals surface area contributed by atoms with Crippen molar-refractivity contribution >= 4 is 5.65 Å². The number of nitrogens with one attached hydrogen (secondary N) is 1. The van der Waals surface area contributed by atoms with Crippen molar-refractivity contribution < 1.29 is 9.13 Å². The first-order valence-electron chi connectivity index (χ1n) is 8.33. The van der Waals surface area contributed by atoms with Crippen molar-refractivity contribution in [1.82, 2.24) is 19.9 Å². The molecule has 3 aromatic rings. The fourth-order valence-electron chi connectivity index (χ4n) is 3.01. The van der Waals surface area contributed by atoms with E-state index in [2.05, 4.69) is 22.3 Å². The van der Waals surface area contributed by atoms with Crippen molar-refractivity contribution in [2.45, 2.75) is 32.9 Å². The summed E-state index contributed by atoms with van der Waals surface area (Å²) in [6.45, 7) is 6.70. The van der Waals surface area contributed by atoms with Gasteiger partial charge in [0.1, 0.15) is 5.82 Å². The summed E-state index contributed by atoms with van der Waals surface area (Å²) >= 11 is 0. The number of hydrogen-bond donors (Lipinski definition) is 1. The van der Waals surface area contributed by atoms with E-state index in [1.54, 1.807) is 19.2 Å². The second kappa shape index (κ2) is 7.29. The Hall–Kier alpha value is -2.31. The molecule has 0 aliphatic rings. The van der Waals surface area contributed by atoms with E-state index in [0.29, 0.717) is 6.54 Å². The minimum Gasteiger partial charge on any atom is -0.375 e. The van der Waals surface area contributed by atoms with E-state index >= 15 is 0 Å². The maximum Gasteiger partial charge on any atom is 0.155 e. The lowest BCUT2D eigenvalue weighted by Gasteiger charge is -2.21. The standard InChI is InChI=1S/C19H23FN4O/c1-12-9-19-22-10-17(14(3)24(19)23-12)13(2)21-11-18(25-4)15-5-7-16(20)8-6-15/h5-10,13,18,21H,11H2,1-4H3/t13-,18-/m0/s1. The third-order valence-electron chi connectivity index (χ3n) is 4.49. The van der Waals surface area contributed by atoms with Crippen LogP contribution in [0.4, 0.5) is 4.39 Å². The van der Waals surface area contributed by atoms with E-state index in [1.807, 2.05) is 30.6 Å². The number of fused-ring (bicyclic) bond motifs is 1. The summed E-state index contributed by atoms with van der Waals surface area (Å²) in [5.41, 5.74) is 4.89. The van der Waals surface area contributed by atoms with Crippen LogP contribution in [-0.2, 0) is 4.74 Å². The van der Waals surface area contributed by atoms with Crippen LogP contribution in [0.25, 0.3) is 5.65 Å². The molecule has 0 saturated carbocycles. The van der Waals surface area contributed by atoms with Gasteiger partial charge in [-0.25, -0.2) is 13.9 Å². The van der Waals surface area contributed by atoms with Crippen LogP contribution in [0, 0.1) is 19.7 Å². The van der Waals surface area contributed by atoms with E-state index < -0.39 is 0 Å². The monoisotopic (exact) mass is 342 g/mol. The lowest BCUT2D eigenvalue weighted by Crippen LogP contribution is -2.26. The predicted molar refractivity (Wildman–Crippen MR) is 95.0 cm³/mol. The molecule has 1 N–H and O–H groups in total. The molecule has 2 heterocycles. The quantitative estimate of drug-likeness (QED) is 0.745. The Labute approximate surface area is 146 Å². The number of nitrogens with zero attached hydrogens (tertiary/aromatic N) is 3. The molecule has 3 rings (SSSR count). The van der Waals surface area contributed by atoms with Gasteiger partial charge in [0.05, 0.1) is 11.8 Å². The third-order valence-corrected chi connectivity index (χ3v) is 4.49. The molecule has 2 aromatic heterocycles. The summed E-state index contributed by atoms with van der Waals surface area (Å²) in [7, 11) is 1.66. The van der Waals surface area contributed by atoms with Crippen LogP contribution in [0.15, 0.2) is 36.5 Å². The van der Waals surface area contributed by atoms with E-state index in [0.717, 1.165) is 28.2 Å². The lowest BCUT2D eigenvalue weighted by atomic mass is 10.1. The molecule has 0 fully saturated rings. The van der Waals surface area contributed by atoms with Crippen molar-refractivity contribution in [1.29, 1.82) is 0 Å². The number of benzene rings is 1. The molecule has 0 radical (unpaired) electrons. The average molecular weight is 342 g/mol. The van der Waals surface area contributed by atoms with Crippen LogP contribution < -0.4 is 5.32 Å². The van der Waals surface area contributed by atoms with Gasteiger partial charge >= 0.3 is 0 Å². The molecule has 1 aromatic carbocycles. The molecular weight excluding hydrogens is 319 g/mol. The molecule has 0 aliphatic carbocycles. The van der Waals surface area contributed by atoms with E-state index in [-0.39, 0.29) is 18.0 Å². The van der Waals surface area contributed by atoms with Crippen LogP contribution in [-0.4, -0.2) is 28.3 Å². The van der Waals surface area contributed by atoms with Gasteiger partial charge in [-0.2, -0.15) is 5.10 Å². The highest BCUT2D eigenvalue weighted by Crippen LogP contribution is 2.21. The highest BCUT2D eigenvalue weighted by molar-refractivity contribution is 5.42. The molecule has 132 valence electrons. The average Bonchev–Trinajstić information content (AvgIpc) is 2.98. The van der Waals surface area contributed by atoms with Crippen molar-refractivity contribution in [3.05, 3.63) is 64.9 Å². The number of hydrogen-bond acceptors (Lipinski definition) is 4. The molecule has 0 spiro atoms. The van der Waals surface area contributed by atoms with Crippen LogP contribution in [0.3, 0.4) is 0 Å². The normalized spacial score (nSPS) is 14.0. The van der Waals surface area contributed by atoms with Crippen LogP contribution in [0.1, 0.15) is 41.6 Å². The number of aromatic nitrogens is 3. The molecule has 0 bridgehead atoms. The first-order chi connectivity index (χ1) is 12.0. The van der Waals surface area contributed by atoms with Gasteiger partial charge in [-0.1, -0.05) is 12.1 Å². The molecular formula is C19H23FN4O. The second-order valence-electron chi connectivity index (χ2n) is 6.26. The Kier molecular flexibility index (Phi) is 5.11. The molecule has 0 aliphatic heterocycles. The van der Waals surface area contributed by atoms with Crippen molar-refractivity contribution in [3.63, 3.8) is 0 Å². The van der Waals surface area contributed by atoms with E-state index in [9.17, 15) is 4.39 Å². The minimum absolute atomic E-state index is 0.0829. The molecule has 6 heteroatoms. The summed E-state index contributed by atoms with van der Waals surface area (Å²) < 4.78 is 20.5. The number of rotatable bonds is 6. The SMILES string of the molecule is CO[C@@H](CN[C@@H](C)c1cnc2cc(C)nn2c1C)c1ccc(F)cc1. The number of methoxy groups -OCH3 is 1. The highest BCUT2D eigenvalue weighted by Gasteiger charge is 2.16. The second-order valence-corrected chi connectivity index (χ2v) is 6.26. The van der Waals surface area contributed by atoms with Gasteiger partial charge in [-0.3, -0.25) is 0 Å². The first-order valence-corrected chi connectivity index (χ1v) is 8.33. The fourth-order valence-corrected chi connectivity index (χ4v) is 3.01. The zero-order valence-corrected chi connectivity index (χ0v) is 15.0. The topological polar surface area (TPSA) is 51.5 Å². The summed E-state index contributed by atoms with van der Waals surface area (Å²) in [6.07, 6.45) is 1.75. The molecule has 2 atom stereocenters. The smallest absolute Gasteiger partial charge is 0.155 e. The predicted octanol–water partition coefficient (Wildman–Crippen LogP) is 3.52. The van der Waals surface area contributed by atoms with Crippen molar-refractivity contribution in [3.8, 4) is 0 Å². The van der Waals surface area contributed by atoms with Crippen LogP contribution in [0.2, 0.25) is 0 Å². The van der Waals surface area contributed by atoms with Gasteiger partial charge in [0.15, 0.2) is 5.65 Å². The molecule has 5 nitrogen and oxygen atoms in total. The highest BCUT2D eigenvalue weighted by atomic mass is 19.1. The molecule has 0 amide bonds.